The van der Waals surface area contributed by atoms with E-state index in [-0.39, 0.29) is 78.6 Å². The summed E-state index contributed by atoms with van der Waals surface area (Å²) in [5.74, 6) is -3.43. The van der Waals surface area contributed by atoms with Crippen LogP contribution < -0.4 is 36.1 Å². The van der Waals surface area contributed by atoms with Gasteiger partial charge in [-0.1, -0.05) is 54.9 Å². The van der Waals surface area contributed by atoms with Crippen LogP contribution in [0.3, 0.4) is 0 Å². The Balaban J connectivity index is 0.955. The first-order valence-electron chi connectivity index (χ1n) is 20.8. The van der Waals surface area contributed by atoms with Crippen LogP contribution in [0.1, 0.15) is 60.0 Å². The van der Waals surface area contributed by atoms with E-state index in [1.165, 1.54) is 23.1 Å². The lowest BCUT2D eigenvalue weighted by Gasteiger charge is -2.38. The van der Waals surface area contributed by atoms with Gasteiger partial charge < -0.3 is 35.8 Å². The number of aliphatic hydroxyl groups is 1. The smallest absolute Gasteiger partial charge is 0.329 e. The molecule has 18 heteroatoms. The van der Waals surface area contributed by atoms with Gasteiger partial charge >= 0.3 is 6.03 Å². The number of primary amides is 1. The number of rotatable bonds is 14. The number of piperidine rings is 1. The molecule has 15 nitrogen and oxygen atoms in total. The molecule has 5 amide bonds. The zero-order valence-corrected chi connectivity index (χ0v) is 35.4. The first kappa shape index (κ1) is 43.4. The van der Waals surface area contributed by atoms with E-state index in [9.17, 15) is 24.3 Å². The topological polar surface area (TPSA) is 193 Å². The highest BCUT2D eigenvalue weighted by atomic mass is 35.5. The summed E-state index contributed by atoms with van der Waals surface area (Å²) < 4.78 is 46.0. The number of para-hydroxylation sites is 1. The fourth-order valence-corrected chi connectivity index (χ4v) is 9.26. The lowest BCUT2D eigenvalue weighted by molar-refractivity contribution is -0.132. The number of urea groups is 1. The number of nitrogens with zero attached hydrogens (tertiary/aromatic N) is 4. The summed E-state index contributed by atoms with van der Waals surface area (Å²) in [4.78, 5) is 53.8. The van der Waals surface area contributed by atoms with Crippen molar-refractivity contribution in [2.45, 2.75) is 50.2 Å². The second kappa shape index (κ2) is 17.8. The molecule has 2 saturated heterocycles. The number of amides is 5. The van der Waals surface area contributed by atoms with Crippen molar-refractivity contribution in [3.05, 3.63) is 100 Å². The van der Waals surface area contributed by atoms with Crippen molar-refractivity contribution in [1.29, 1.82) is 0 Å². The molecule has 5 aromatic rings. The third kappa shape index (κ3) is 8.11. The van der Waals surface area contributed by atoms with E-state index in [4.69, 9.17) is 26.8 Å². The molecule has 0 aliphatic carbocycles. The highest BCUT2D eigenvalue weighted by molar-refractivity contribution is 6.34. The van der Waals surface area contributed by atoms with Crippen LogP contribution >= 0.6 is 11.6 Å². The Morgan fingerprint density at radius 1 is 1.06 bits per heavy atom. The molecule has 3 aliphatic rings. The molecule has 0 spiro atoms. The van der Waals surface area contributed by atoms with E-state index in [2.05, 4.69) is 21.0 Å². The Morgan fingerprint density at radius 2 is 1.83 bits per heavy atom. The fourth-order valence-electron chi connectivity index (χ4n) is 9.01. The maximum atomic E-state index is 16.4. The molecule has 8 rings (SSSR count). The van der Waals surface area contributed by atoms with Crippen LogP contribution in [-0.2, 0) is 22.2 Å². The molecule has 4 aromatic carbocycles. The SMILES string of the molecule is C[C@H]1c2c(cc(F)c(Cl)c2-c2c(C(N)=O)ccc(OCCO)c2F)O[C@]1(CNC1CCN(C(=O)CCNc2cccc3c(N4CCC(=O)NC4=O)nn(C)c23)CC1)c1ccccc1. The highest BCUT2D eigenvalue weighted by Gasteiger charge is 2.50. The van der Waals surface area contributed by atoms with Gasteiger partial charge in [-0.3, -0.25) is 29.3 Å². The molecular formula is C45H47ClF2N8O7. The molecule has 4 heterocycles. The Hall–Kier alpha value is -6.30. The molecule has 63 heavy (non-hydrogen) atoms. The third-order valence-corrected chi connectivity index (χ3v) is 12.6. The van der Waals surface area contributed by atoms with E-state index in [0.29, 0.717) is 43.9 Å². The predicted octanol–water partition coefficient (Wildman–Crippen LogP) is 5.56. The monoisotopic (exact) mass is 884 g/mol. The number of imide groups is 1. The Kier molecular flexibility index (Phi) is 12.3. The summed E-state index contributed by atoms with van der Waals surface area (Å²) in [6.45, 7) is 3.13. The van der Waals surface area contributed by atoms with Crippen LogP contribution in [0.15, 0.2) is 66.7 Å². The minimum absolute atomic E-state index is 0.00254. The van der Waals surface area contributed by atoms with Crippen molar-refractivity contribution < 1.29 is 42.5 Å². The quantitative estimate of drug-likeness (QED) is 0.0943. The molecule has 0 saturated carbocycles. The number of likely N-dealkylation sites (tertiary alicyclic amines) is 1. The number of nitrogens with two attached hydrogens (primary N) is 1. The first-order valence-corrected chi connectivity index (χ1v) is 21.2. The number of hydrogen-bond donors (Lipinski definition) is 5. The van der Waals surface area contributed by atoms with Gasteiger partial charge in [0.15, 0.2) is 23.0 Å². The highest BCUT2D eigenvalue weighted by Crippen LogP contribution is 2.56. The molecular weight excluding hydrogens is 838 g/mol. The summed E-state index contributed by atoms with van der Waals surface area (Å²) in [5.41, 5.74) is 6.62. The van der Waals surface area contributed by atoms with Gasteiger partial charge in [-0.2, -0.15) is 5.10 Å². The molecule has 6 N–H and O–H groups in total. The van der Waals surface area contributed by atoms with E-state index in [1.54, 1.807) is 11.7 Å². The van der Waals surface area contributed by atoms with Crippen LogP contribution in [0.25, 0.3) is 22.0 Å². The van der Waals surface area contributed by atoms with Gasteiger partial charge in [0.2, 0.25) is 17.7 Å². The van der Waals surface area contributed by atoms with Crippen molar-refractivity contribution in [2.75, 3.05) is 56.2 Å². The fraction of sp³-hybridized carbons (Fsp3) is 0.356. The zero-order chi connectivity index (χ0) is 44.6. The summed E-state index contributed by atoms with van der Waals surface area (Å²) in [6.07, 6.45) is 1.72. The zero-order valence-electron chi connectivity index (χ0n) is 34.7. The average molecular weight is 885 g/mol. The van der Waals surface area contributed by atoms with Crippen LogP contribution in [0, 0.1) is 11.6 Å². The molecule has 0 radical (unpaired) electrons. The minimum Gasteiger partial charge on any atom is -0.488 e. The van der Waals surface area contributed by atoms with E-state index in [1.807, 2.05) is 60.4 Å². The van der Waals surface area contributed by atoms with Crippen LogP contribution in [0.5, 0.6) is 11.5 Å². The average Bonchev–Trinajstić information content (AvgIpc) is 3.76. The molecule has 330 valence electrons. The van der Waals surface area contributed by atoms with Crippen molar-refractivity contribution in [2.24, 2.45) is 12.8 Å². The van der Waals surface area contributed by atoms with Crippen molar-refractivity contribution in [1.82, 2.24) is 25.3 Å². The van der Waals surface area contributed by atoms with Crippen molar-refractivity contribution in [3.63, 3.8) is 0 Å². The van der Waals surface area contributed by atoms with Crippen molar-refractivity contribution in [3.8, 4) is 22.6 Å². The largest absolute Gasteiger partial charge is 0.488 e. The number of ether oxygens (including phenoxy) is 2. The van der Waals surface area contributed by atoms with E-state index >= 15 is 8.78 Å². The van der Waals surface area contributed by atoms with Gasteiger partial charge in [0, 0.05) is 92.7 Å². The number of aryl methyl sites for hydroxylation is 1. The number of aromatic nitrogens is 2. The standard InChI is InChI=1S/C45H47ClF2N8O7/c1-25-36-33(23-30(47)39(46)38(36)37-28(42(49)60)11-12-32(40(37)48)62-22-21-57)63-45(25,26-7-4-3-5-8-26)24-51-27-14-18-55(19-15-27)35(59)13-17-50-31-10-6-9-29-41(31)54(2)53-43(29)56-20-16-34(58)52-44(56)61/h3-12,23,25,27,50-51,57H,13-22,24H2,1-2H3,(H2,49,60)(H,52,58,61)/t25-,45-/m0/s1. The summed E-state index contributed by atoms with van der Waals surface area (Å²) >= 11 is 6.68. The van der Waals surface area contributed by atoms with E-state index < -0.39 is 46.7 Å². The number of fused-ring (bicyclic) bond motifs is 2. The van der Waals surface area contributed by atoms with Crippen LogP contribution in [0.2, 0.25) is 5.02 Å². The molecule has 3 aliphatic heterocycles. The van der Waals surface area contributed by atoms with Gasteiger partial charge in [0.25, 0.3) is 0 Å². The normalized spacial score (nSPS) is 18.9. The maximum Gasteiger partial charge on any atom is 0.329 e. The number of anilines is 2. The summed E-state index contributed by atoms with van der Waals surface area (Å²) in [7, 11) is 1.78. The Bertz CT molecular complexity index is 2600. The third-order valence-electron chi connectivity index (χ3n) is 12.2. The lowest BCUT2D eigenvalue weighted by Crippen LogP contribution is -2.51. The van der Waals surface area contributed by atoms with Crippen LogP contribution in [0.4, 0.5) is 25.1 Å². The Labute approximate surface area is 366 Å². The molecule has 0 unspecified atom stereocenters. The number of carbonyl (C=O) groups excluding carboxylic acids is 4. The number of benzene rings is 4. The number of nitrogens with one attached hydrogen (secondary N) is 3. The van der Waals surface area contributed by atoms with Gasteiger partial charge in [0.05, 0.1) is 28.4 Å². The second-order valence-corrected chi connectivity index (χ2v) is 16.3. The molecule has 0 bridgehead atoms. The van der Waals surface area contributed by atoms with Gasteiger partial charge in [-0.05, 0) is 42.7 Å². The van der Waals surface area contributed by atoms with Crippen molar-refractivity contribution >= 4 is 57.8 Å². The predicted molar refractivity (Wildman–Crippen MR) is 232 cm³/mol. The minimum atomic E-state index is -1.14. The molecule has 2 fully saturated rings. The summed E-state index contributed by atoms with van der Waals surface area (Å²) in [5, 5.41) is 23.6. The number of aliphatic hydroxyl groups excluding tert-OH is 1. The van der Waals surface area contributed by atoms with E-state index in [0.717, 1.165) is 22.2 Å². The summed E-state index contributed by atoms with van der Waals surface area (Å²) in [6, 6.07) is 18.2. The lowest BCUT2D eigenvalue weighted by atomic mass is 9.77. The number of halogens is 3. The maximum absolute atomic E-state index is 16.4. The number of hydrogen-bond acceptors (Lipinski definition) is 10. The van der Waals surface area contributed by atoms with Crippen LogP contribution in [-0.4, -0.2) is 95.5 Å². The number of carbonyl (C=O) groups is 4. The Morgan fingerprint density at radius 3 is 2.54 bits per heavy atom. The second-order valence-electron chi connectivity index (χ2n) is 15.9. The molecule has 2 atom stereocenters. The van der Waals surface area contributed by atoms with Gasteiger partial charge in [-0.15, -0.1) is 0 Å². The van der Waals surface area contributed by atoms with Gasteiger partial charge in [0.1, 0.15) is 18.2 Å². The molecule has 1 aromatic heterocycles. The van der Waals surface area contributed by atoms with Gasteiger partial charge in [-0.25, -0.2) is 13.6 Å². The first-order chi connectivity index (χ1) is 30.3.